The van der Waals surface area contributed by atoms with Crippen LogP contribution in [-0.4, -0.2) is 18.3 Å². The van der Waals surface area contributed by atoms with E-state index >= 15 is 0 Å². The number of carbonyl (C=O) groups excluding carboxylic acids is 1. The van der Waals surface area contributed by atoms with E-state index in [1.54, 1.807) is 7.11 Å². The van der Waals surface area contributed by atoms with E-state index in [0.717, 1.165) is 28.7 Å². The van der Waals surface area contributed by atoms with Gasteiger partial charge in [0.2, 0.25) is 0 Å². The smallest absolute Gasteiger partial charge is 0.178 e. The Bertz CT molecular complexity index is 686. The number of halogens is 1. The quantitative estimate of drug-likeness (QED) is 0.487. The van der Waals surface area contributed by atoms with Crippen molar-refractivity contribution in [1.82, 2.24) is 4.90 Å². The topological polar surface area (TPSA) is 29.5 Å². The molecule has 0 radical (unpaired) electrons. The first-order valence-electron chi connectivity index (χ1n) is 7.24. The molecule has 0 saturated carbocycles. The molecule has 3 rings (SSSR count). The van der Waals surface area contributed by atoms with Crippen molar-refractivity contribution in [2.45, 2.75) is 24.5 Å². The summed E-state index contributed by atoms with van der Waals surface area (Å²) in [6.07, 6.45) is 0.834. The first-order chi connectivity index (χ1) is 10.6. The molecule has 22 heavy (non-hydrogen) atoms. The fourth-order valence-electron chi connectivity index (χ4n) is 3.10. The van der Waals surface area contributed by atoms with Gasteiger partial charge in [0.1, 0.15) is 5.75 Å². The van der Waals surface area contributed by atoms with Crippen molar-refractivity contribution in [2.75, 3.05) is 7.11 Å². The fourth-order valence-corrected chi connectivity index (χ4v) is 3.47. The maximum atomic E-state index is 11.7. The molecule has 0 amide bonds. The molecule has 0 bridgehead atoms. The Kier molecular flexibility index (Phi) is 3.94. The number of benzene rings is 2. The van der Waals surface area contributed by atoms with Crippen LogP contribution in [0.3, 0.4) is 0 Å². The van der Waals surface area contributed by atoms with Gasteiger partial charge in [0.25, 0.3) is 0 Å². The SMILES string of the molecule is COc1ccc(CN2C(C)c3ccccc3C2(Cl)C=O)cc1. The largest absolute Gasteiger partial charge is 0.497 e. The van der Waals surface area contributed by atoms with Gasteiger partial charge in [0.15, 0.2) is 11.3 Å². The molecule has 0 spiro atoms. The lowest BCUT2D eigenvalue weighted by molar-refractivity contribution is -0.115. The molecule has 3 nitrogen and oxygen atoms in total. The van der Waals surface area contributed by atoms with Crippen molar-refractivity contribution in [2.24, 2.45) is 0 Å². The average Bonchev–Trinajstić information content (AvgIpc) is 2.78. The summed E-state index contributed by atoms with van der Waals surface area (Å²) in [7, 11) is 1.64. The van der Waals surface area contributed by atoms with Gasteiger partial charge < -0.3 is 4.74 Å². The third-order valence-corrected chi connectivity index (χ3v) is 4.85. The molecule has 0 saturated heterocycles. The van der Waals surface area contributed by atoms with Crippen LogP contribution in [0.5, 0.6) is 5.75 Å². The van der Waals surface area contributed by atoms with Crippen LogP contribution in [0, 0.1) is 0 Å². The molecule has 2 aromatic carbocycles. The van der Waals surface area contributed by atoms with E-state index in [0.29, 0.717) is 6.54 Å². The van der Waals surface area contributed by atoms with Crippen LogP contribution in [0.2, 0.25) is 0 Å². The van der Waals surface area contributed by atoms with E-state index in [1.165, 1.54) is 0 Å². The maximum Gasteiger partial charge on any atom is 0.178 e. The number of alkyl halides is 1. The van der Waals surface area contributed by atoms with Gasteiger partial charge in [0.05, 0.1) is 7.11 Å². The van der Waals surface area contributed by atoms with E-state index in [1.807, 2.05) is 53.4 Å². The third kappa shape index (κ3) is 2.31. The summed E-state index contributed by atoms with van der Waals surface area (Å²) in [6, 6.07) is 15.8. The first-order valence-corrected chi connectivity index (χ1v) is 7.62. The second-order valence-corrected chi connectivity index (χ2v) is 6.11. The number of hydrogen-bond acceptors (Lipinski definition) is 3. The molecule has 2 atom stereocenters. The molecule has 0 N–H and O–H groups in total. The van der Waals surface area contributed by atoms with E-state index in [2.05, 4.69) is 6.92 Å². The van der Waals surface area contributed by atoms with E-state index in [9.17, 15) is 4.79 Å². The number of rotatable bonds is 4. The normalized spacial score (nSPS) is 24.0. The molecular formula is C18H18ClNO2. The number of hydrogen-bond donors (Lipinski definition) is 0. The summed E-state index contributed by atoms with van der Waals surface area (Å²) in [5.74, 6) is 0.814. The number of carbonyl (C=O) groups is 1. The number of aldehydes is 1. The Hall–Kier alpha value is -1.84. The molecule has 2 aromatic rings. The van der Waals surface area contributed by atoms with Gasteiger partial charge in [-0.3, -0.25) is 9.69 Å². The van der Waals surface area contributed by atoms with Crippen molar-refractivity contribution < 1.29 is 9.53 Å². The minimum atomic E-state index is -1.10. The van der Waals surface area contributed by atoms with Crippen molar-refractivity contribution in [3.63, 3.8) is 0 Å². The Morgan fingerprint density at radius 3 is 2.55 bits per heavy atom. The highest BCUT2D eigenvalue weighted by atomic mass is 35.5. The van der Waals surface area contributed by atoms with E-state index in [-0.39, 0.29) is 6.04 Å². The van der Waals surface area contributed by atoms with Gasteiger partial charge in [-0.1, -0.05) is 48.0 Å². The lowest BCUT2D eigenvalue weighted by atomic mass is 10.0. The molecule has 0 aliphatic carbocycles. The van der Waals surface area contributed by atoms with Crippen LogP contribution in [-0.2, 0) is 16.3 Å². The van der Waals surface area contributed by atoms with Crippen molar-refractivity contribution in [1.29, 1.82) is 0 Å². The van der Waals surface area contributed by atoms with Crippen LogP contribution in [0.4, 0.5) is 0 Å². The summed E-state index contributed by atoms with van der Waals surface area (Å²) in [5, 5.41) is 0. The van der Waals surface area contributed by atoms with Crippen LogP contribution >= 0.6 is 11.6 Å². The zero-order valence-corrected chi connectivity index (χ0v) is 13.4. The third-order valence-electron chi connectivity index (χ3n) is 4.34. The summed E-state index contributed by atoms with van der Waals surface area (Å²) in [6.45, 7) is 2.68. The molecule has 1 aliphatic heterocycles. The van der Waals surface area contributed by atoms with Crippen LogP contribution in [0.1, 0.15) is 29.7 Å². The van der Waals surface area contributed by atoms with Gasteiger partial charge in [-0.2, -0.15) is 0 Å². The minimum Gasteiger partial charge on any atom is -0.497 e. The van der Waals surface area contributed by atoms with E-state index < -0.39 is 5.00 Å². The lowest BCUT2D eigenvalue weighted by Crippen LogP contribution is -2.38. The van der Waals surface area contributed by atoms with Crippen molar-refractivity contribution in [3.05, 3.63) is 65.2 Å². The molecule has 1 heterocycles. The van der Waals surface area contributed by atoms with Crippen molar-refractivity contribution >= 4 is 17.9 Å². The monoisotopic (exact) mass is 315 g/mol. The first kappa shape index (κ1) is 15.1. The second-order valence-electron chi connectivity index (χ2n) is 5.53. The summed E-state index contributed by atoms with van der Waals surface area (Å²) < 4.78 is 5.18. The summed E-state index contributed by atoms with van der Waals surface area (Å²) in [4.78, 5) is 12.7. The van der Waals surface area contributed by atoms with Gasteiger partial charge >= 0.3 is 0 Å². The van der Waals surface area contributed by atoms with Gasteiger partial charge in [-0.15, -0.1) is 0 Å². The molecule has 1 aliphatic rings. The average molecular weight is 316 g/mol. The van der Waals surface area contributed by atoms with Crippen LogP contribution in [0.15, 0.2) is 48.5 Å². The molecule has 4 heteroatoms. The van der Waals surface area contributed by atoms with Crippen molar-refractivity contribution in [3.8, 4) is 5.75 Å². The Morgan fingerprint density at radius 1 is 1.23 bits per heavy atom. The van der Waals surface area contributed by atoms with Gasteiger partial charge in [0, 0.05) is 12.6 Å². The van der Waals surface area contributed by atoms with Crippen LogP contribution in [0.25, 0.3) is 0 Å². The maximum absolute atomic E-state index is 11.7. The molecule has 0 aromatic heterocycles. The minimum absolute atomic E-state index is 0.0843. The number of fused-ring (bicyclic) bond motifs is 1. The van der Waals surface area contributed by atoms with Crippen LogP contribution < -0.4 is 4.74 Å². The number of nitrogens with zero attached hydrogens (tertiary/aromatic N) is 1. The zero-order valence-electron chi connectivity index (χ0n) is 12.6. The summed E-state index contributed by atoms with van der Waals surface area (Å²) in [5.41, 5.74) is 3.08. The highest BCUT2D eigenvalue weighted by molar-refractivity contribution is 6.31. The number of ether oxygens (including phenoxy) is 1. The fraction of sp³-hybridized carbons (Fsp3) is 0.278. The molecule has 114 valence electrons. The molecule has 2 unspecified atom stereocenters. The predicted octanol–water partition coefficient (Wildman–Crippen LogP) is 3.86. The lowest BCUT2D eigenvalue weighted by Gasteiger charge is -2.31. The standard InChI is InChI=1S/C18H18ClNO2/c1-13-16-5-3-4-6-17(16)18(19,12-21)20(13)11-14-7-9-15(22-2)10-8-14/h3-10,12-13H,11H2,1-2H3. The Balaban J connectivity index is 1.94. The van der Waals surface area contributed by atoms with E-state index in [4.69, 9.17) is 16.3 Å². The second kappa shape index (κ2) is 5.75. The molecule has 0 fully saturated rings. The predicted molar refractivity (Wildman–Crippen MR) is 87.0 cm³/mol. The zero-order chi connectivity index (χ0) is 15.7. The highest BCUT2D eigenvalue weighted by Gasteiger charge is 2.47. The highest BCUT2D eigenvalue weighted by Crippen LogP contribution is 2.48. The van der Waals surface area contributed by atoms with Gasteiger partial charge in [-0.05, 0) is 35.7 Å². The van der Waals surface area contributed by atoms with Gasteiger partial charge in [-0.25, -0.2) is 0 Å². The Morgan fingerprint density at radius 2 is 1.91 bits per heavy atom. The molecular weight excluding hydrogens is 298 g/mol. The number of methoxy groups -OCH3 is 1. The summed E-state index contributed by atoms with van der Waals surface area (Å²) >= 11 is 6.69. The Labute approximate surface area is 135 Å².